The van der Waals surface area contributed by atoms with Crippen molar-refractivity contribution < 1.29 is 14.3 Å². The van der Waals surface area contributed by atoms with Crippen LogP contribution in [0.25, 0.3) is 0 Å². The van der Waals surface area contributed by atoms with Gasteiger partial charge in [0, 0.05) is 0 Å². The summed E-state index contributed by atoms with van der Waals surface area (Å²) >= 11 is 0. The molecule has 0 unspecified atom stereocenters. The monoisotopic (exact) mass is 308 g/mol. The van der Waals surface area contributed by atoms with Crippen molar-refractivity contribution in [1.29, 1.82) is 0 Å². The second kappa shape index (κ2) is 5.95. The van der Waals surface area contributed by atoms with Gasteiger partial charge >= 0.3 is 6.03 Å². The summed E-state index contributed by atoms with van der Waals surface area (Å²) in [6, 6.07) is 7.42. The van der Waals surface area contributed by atoms with Crippen LogP contribution in [0.4, 0.5) is 4.79 Å². The number of urea groups is 1. The van der Waals surface area contributed by atoms with Crippen LogP contribution >= 0.6 is 0 Å². The molecule has 0 N–H and O–H groups in total. The number of imide groups is 1. The first kappa shape index (κ1) is 16.0. The topological polar surface area (TPSA) is 49.9 Å². The maximum Gasteiger partial charge on any atom is 0.301 e. The molecule has 1 aliphatic heterocycles. The van der Waals surface area contributed by atoms with Crippen molar-refractivity contribution in [1.82, 2.24) is 9.62 Å². The summed E-state index contributed by atoms with van der Waals surface area (Å²) in [5.41, 5.74) is 0.251. The Balaban J connectivity index is 1.71. The molecule has 2 aliphatic rings. The van der Waals surface area contributed by atoms with Crippen LogP contribution < -0.4 is 4.74 Å². The molecule has 116 valence electrons. The third-order valence-electron chi connectivity index (χ3n) is 4.97. The Morgan fingerprint density at radius 3 is 2.26 bits per heavy atom. The Hall–Kier alpha value is -1.91. The molecule has 4 radical (unpaired) electrons. The van der Waals surface area contributed by atoms with E-state index in [1.54, 1.807) is 0 Å². The summed E-state index contributed by atoms with van der Waals surface area (Å²) in [7, 11) is 11.3. The number of rotatable bonds is 3. The highest BCUT2D eigenvalue weighted by molar-refractivity contribution is 6.34. The fourth-order valence-electron chi connectivity index (χ4n) is 3.60. The van der Waals surface area contributed by atoms with Crippen LogP contribution in [0.1, 0.15) is 44.1 Å². The quantitative estimate of drug-likeness (QED) is 0.633. The van der Waals surface area contributed by atoms with E-state index < -0.39 is 17.5 Å². The molecule has 0 bridgehead atoms. The average Bonchev–Trinajstić information content (AvgIpc) is 2.73. The van der Waals surface area contributed by atoms with Crippen LogP contribution in [0.15, 0.2) is 24.3 Å². The highest BCUT2D eigenvalue weighted by atomic mass is 16.5. The first-order chi connectivity index (χ1) is 11.0. The lowest BCUT2D eigenvalue weighted by atomic mass is 9.72. The molecule has 0 aromatic heterocycles. The lowest BCUT2D eigenvalue weighted by molar-refractivity contribution is -0.130. The Morgan fingerprint density at radius 2 is 1.78 bits per heavy atom. The molecule has 1 spiro atoms. The molecular formula is C16H18B2N2O3. The van der Waals surface area contributed by atoms with Gasteiger partial charge in [0.05, 0.1) is 6.61 Å². The number of nitrogens with zero attached hydrogens (tertiary/aromatic N) is 2. The van der Waals surface area contributed by atoms with Crippen molar-refractivity contribution in [3.05, 3.63) is 29.8 Å². The maximum atomic E-state index is 12.3. The van der Waals surface area contributed by atoms with Crippen molar-refractivity contribution >= 4 is 27.9 Å². The van der Waals surface area contributed by atoms with Crippen LogP contribution in [-0.2, 0) is 4.79 Å². The zero-order valence-electron chi connectivity index (χ0n) is 13.2. The van der Waals surface area contributed by atoms with Crippen LogP contribution in [0.5, 0.6) is 5.75 Å². The van der Waals surface area contributed by atoms with Gasteiger partial charge in [-0.2, -0.15) is 0 Å². The lowest BCUT2D eigenvalue weighted by Crippen LogP contribution is -2.50. The Bertz CT molecular complexity index is 612. The molecule has 3 rings (SSSR count). The van der Waals surface area contributed by atoms with E-state index in [1.165, 1.54) is 5.56 Å². The molecule has 23 heavy (non-hydrogen) atoms. The Morgan fingerprint density at radius 1 is 1.17 bits per heavy atom. The molecule has 1 aromatic carbocycles. The second-order valence-electron chi connectivity index (χ2n) is 6.14. The van der Waals surface area contributed by atoms with E-state index in [-0.39, 0.29) is 0 Å². The van der Waals surface area contributed by atoms with E-state index in [2.05, 4.69) is 12.1 Å². The fraction of sp³-hybridized carbons (Fsp3) is 0.500. The number of hydrogen-bond donors (Lipinski definition) is 0. The Labute approximate surface area is 138 Å². The van der Waals surface area contributed by atoms with Gasteiger partial charge in [0.2, 0.25) is 21.9 Å². The van der Waals surface area contributed by atoms with Crippen molar-refractivity contribution in [3.63, 3.8) is 0 Å². The van der Waals surface area contributed by atoms with Gasteiger partial charge in [0.15, 0.2) is 0 Å². The predicted molar refractivity (Wildman–Crippen MR) is 87.1 cm³/mol. The second-order valence-corrected chi connectivity index (χ2v) is 6.14. The molecule has 1 aromatic rings. The van der Waals surface area contributed by atoms with Gasteiger partial charge in [0.1, 0.15) is 11.3 Å². The molecule has 7 heteroatoms. The van der Waals surface area contributed by atoms with Crippen LogP contribution in [0.2, 0.25) is 0 Å². The van der Waals surface area contributed by atoms with Gasteiger partial charge in [-0.3, -0.25) is 9.59 Å². The molecular weight excluding hydrogens is 290 g/mol. The van der Waals surface area contributed by atoms with Crippen LogP contribution in [0, 0.1) is 0 Å². The van der Waals surface area contributed by atoms with Crippen molar-refractivity contribution in [2.45, 2.75) is 44.1 Å². The molecule has 1 saturated carbocycles. The standard InChI is InChI=1S/C16H18B2N2O3/c1-2-23-13-5-3-11(4-6-13)12-7-9-16(10-8-12)14(21)19(17)15(22)20(16)18/h3-6,12H,2,7-10H2,1H3. The third kappa shape index (κ3) is 2.52. The summed E-state index contributed by atoms with van der Waals surface area (Å²) < 4.78 is 5.45. The van der Waals surface area contributed by atoms with Gasteiger partial charge in [-0.15, -0.1) is 0 Å². The molecule has 1 aliphatic carbocycles. The van der Waals surface area contributed by atoms with Crippen molar-refractivity contribution in [2.75, 3.05) is 6.61 Å². The Kier molecular flexibility index (Phi) is 4.13. The zero-order chi connectivity index (χ0) is 16.6. The minimum Gasteiger partial charge on any atom is -0.494 e. The number of amides is 3. The van der Waals surface area contributed by atoms with E-state index >= 15 is 0 Å². The predicted octanol–water partition coefficient (Wildman–Crippen LogP) is 1.91. The molecule has 2 fully saturated rings. The van der Waals surface area contributed by atoms with Crippen molar-refractivity contribution in [2.24, 2.45) is 0 Å². The largest absolute Gasteiger partial charge is 0.494 e. The number of carbonyl (C=O) groups is 2. The van der Waals surface area contributed by atoms with Gasteiger partial charge in [-0.1, -0.05) is 12.1 Å². The van der Waals surface area contributed by atoms with Crippen LogP contribution in [-0.4, -0.2) is 49.7 Å². The normalized spacial score (nSPS) is 27.8. The minimum absolute atomic E-state index is 0.347. The number of ether oxygens (including phenoxy) is 1. The lowest BCUT2D eigenvalue weighted by Gasteiger charge is -2.40. The molecule has 3 amide bonds. The SMILES string of the molecule is [B]N1C(=O)N([B])C2(CCC(c3ccc(OCC)cc3)CC2)C1=O. The van der Waals surface area contributed by atoms with Crippen molar-refractivity contribution in [3.8, 4) is 5.75 Å². The molecule has 5 nitrogen and oxygen atoms in total. The van der Waals surface area contributed by atoms with E-state index in [0.717, 1.165) is 23.4 Å². The van der Waals surface area contributed by atoms with E-state index in [9.17, 15) is 9.59 Å². The summed E-state index contributed by atoms with van der Waals surface area (Å²) in [5, 5.41) is 0. The summed E-state index contributed by atoms with van der Waals surface area (Å²) in [6.07, 6.45) is 2.63. The highest BCUT2D eigenvalue weighted by Crippen LogP contribution is 2.44. The molecule has 1 heterocycles. The van der Waals surface area contributed by atoms with Gasteiger partial charge in [0.25, 0.3) is 0 Å². The first-order valence-corrected chi connectivity index (χ1v) is 7.90. The van der Waals surface area contributed by atoms with Gasteiger partial charge in [-0.05, 0) is 56.2 Å². The summed E-state index contributed by atoms with van der Waals surface area (Å²) in [6.45, 7) is 2.59. The molecule has 1 saturated heterocycles. The molecule has 0 atom stereocenters. The van der Waals surface area contributed by atoms with E-state index in [0.29, 0.717) is 30.2 Å². The number of benzene rings is 1. The zero-order valence-corrected chi connectivity index (χ0v) is 13.2. The van der Waals surface area contributed by atoms with E-state index in [1.807, 2.05) is 19.1 Å². The van der Waals surface area contributed by atoms with Gasteiger partial charge < -0.3 is 14.4 Å². The summed E-state index contributed by atoms with van der Waals surface area (Å²) in [5.74, 6) is 0.807. The third-order valence-corrected chi connectivity index (χ3v) is 4.97. The number of carbonyl (C=O) groups excluding carboxylic acids is 2. The average molecular weight is 308 g/mol. The summed E-state index contributed by atoms with van der Waals surface area (Å²) in [4.78, 5) is 25.8. The number of hydrogen-bond acceptors (Lipinski definition) is 3. The maximum absolute atomic E-state index is 12.3. The minimum atomic E-state index is -0.965. The highest BCUT2D eigenvalue weighted by Gasteiger charge is 2.54. The van der Waals surface area contributed by atoms with Gasteiger partial charge in [-0.25, -0.2) is 0 Å². The fourth-order valence-corrected chi connectivity index (χ4v) is 3.60. The smallest absolute Gasteiger partial charge is 0.301 e. The first-order valence-electron chi connectivity index (χ1n) is 7.90. The van der Waals surface area contributed by atoms with Crippen LogP contribution in [0.3, 0.4) is 0 Å². The van der Waals surface area contributed by atoms with E-state index in [4.69, 9.17) is 20.7 Å².